The zero-order chi connectivity index (χ0) is 19.3. The number of nitrogens with one attached hydrogen (secondary N) is 1. The fraction of sp³-hybridized carbons (Fsp3) is 0.450. The summed E-state index contributed by atoms with van der Waals surface area (Å²) in [5.41, 5.74) is 4.68. The van der Waals surface area contributed by atoms with Crippen molar-refractivity contribution in [2.24, 2.45) is 0 Å². The van der Waals surface area contributed by atoms with Crippen LogP contribution in [0.2, 0.25) is 0 Å². The molecule has 1 aliphatic heterocycles. The van der Waals surface area contributed by atoms with Gasteiger partial charge in [-0.25, -0.2) is 4.68 Å². The van der Waals surface area contributed by atoms with E-state index < -0.39 is 0 Å². The summed E-state index contributed by atoms with van der Waals surface area (Å²) in [7, 11) is 0. The molecule has 0 bridgehead atoms. The maximum atomic E-state index is 12.7. The molecule has 1 unspecified atom stereocenters. The van der Waals surface area contributed by atoms with Crippen LogP contribution in [0.4, 0.5) is 0 Å². The molecule has 3 aromatic rings. The summed E-state index contributed by atoms with van der Waals surface area (Å²) in [6, 6.07) is 8.50. The Balaban J connectivity index is 1.39. The number of aromatic amines is 1. The van der Waals surface area contributed by atoms with Crippen molar-refractivity contribution in [2.75, 3.05) is 13.1 Å². The first-order chi connectivity index (χ1) is 13.7. The molecule has 1 N–H and O–H groups in total. The molecule has 8 heteroatoms. The number of benzene rings is 1. The second-order valence-electron chi connectivity index (χ2n) is 7.42. The minimum atomic E-state index is 0.203. The summed E-state index contributed by atoms with van der Waals surface area (Å²) in [5.74, 6) is 0.491. The van der Waals surface area contributed by atoms with Crippen molar-refractivity contribution in [3.05, 3.63) is 48.0 Å². The lowest BCUT2D eigenvalue weighted by molar-refractivity contribution is -0.132. The molecule has 1 aromatic carbocycles. The molecular weight excluding hydrogens is 354 g/mol. The molecule has 0 radical (unpaired) electrons. The van der Waals surface area contributed by atoms with Gasteiger partial charge in [0.05, 0.1) is 6.20 Å². The number of aromatic nitrogens is 6. The molecule has 1 atom stereocenters. The van der Waals surface area contributed by atoms with E-state index in [-0.39, 0.29) is 11.8 Å². The van der Waals surface area contributed by atoms with E-state index in [2.05, 4.69) is 56.9 Å². The average molecular weight is 379 g/mol. The topological polar surface area (TPSA) is 92.6 Å². The number of carbonyl (C=O) groups is 1. The lowest BCUT2D eigenvalue weighted by Gasteiger charge is -2.33. The predicted molar refractivity (Wildman–Crippen MR) is 104 cm³/mol. The van der Waals surface area contributed by atoms with Crippen LogP contribution in [0.25, 0.3) is 11.1 Å². The number of H-pyrrole nitrogens is 1. The number of rotatable bonds is 6. The SMILES string of the molecule is Cc1ccc(-c2cn[nH]c2C2CCCN(C(=O)CCCn3cnnn3)C2)cc1. The molecular formula is C20H25N7O. The maximum absolute atomic E-state index is 12.7. The number of hydrogen-bond donors (Lipinski definition) is 1. The van der Waals surface area contributed by atoms with Gasteiger partial charge in [-0.3, -0.25) is 9.89 Å². The number of aryl methyl sites for hydroxylation is 2. The van der Waals surface area contributed by atoms with Crippen molar-refractivity contribution in [3.8, 4) is 11.1 Å². The highest BCUT2D eigenvalue weighted by molar-refractivity contribution is 5.76. The van der Waals surface area contributed by atoms with Gasteiger partial charge in [0.15, 0.2) is 0 Å². The van der Waals surface area contributed by atoms with E-state index >= 15 is 0 Å². The summed E-state index contributed by atoms with van der Waals surface area (Å²) < 4.78 is 1.66. The first-order valence-corrected chi connectivity index (χ1v) is 9.79. The average Bonchev–Trinajstić information content (AvgIpc) is 3.41. The van der Waals surface area contributed by atoms with E-state index in [9.17, 15) is 4.79 Å². The van der Waals surface area contributed by atoms with Crippen molar-refractivity contribution in [2.45, 2.75) is 45.1 Å². The zero-order valence-corrected chi connectivity index (χ0v) is 16.1. The van der Waals surface area contributed by atoms with Gasteiger partial charge in [-0.1, -0.05) is 29.8 Å². The van der Waals surface area contributed by atoms with E-state index in [1.54, 1.807) is 11.0 Å². The molecule has 1 aliphatic rings. The highest BCUT2D eigenvalue weighted by Gasteiger charge is 2.27. The third kappa shape index (κ3) is 4.11. The van der Waals surface area contributed by atoms with Gasteiger partial charge < -0.3 is 4.90 Å². The molecule has 1 amide bonds. The summed E-state index contributed by atoms with van der Waals surface area (Å²) in [6.07, 6.45) is 6.80. The number of piperidine rings is 1. The van der Waals surface area contributed by atoms with Crippen molar-refractivity contribution >= 4 is 5.91 Å². The Bertz CT molecular complexity index is 901. The molecule has 3 heterocycles. The predicted octanol–water partition coefficient (Wildman–Crippen LogP) is 2.56. The molecule has 8 nitrogen and oxygen atoms in total. The normalized spacial score (nSPS) is 17.0. The Hall–Kier alpha value is -3.03. The molecule has 4 rings (SSSR count). The van der Waals surface area contributed by atoms with Crippen LogP contribution in [0.1, 0.15) is 42.9 Å². The fourth-order valence-corrected chi connectivity index (χ4v) is 3.84. The van der Waals surface area contributed by atoms with Crippen LogP contribution in [0.3, 0.4) is 0 Å². The van der Waals surface area contributed by atoms with E-state index in [4.69, 9.17) is 0 Å². The minimum Gasteiger partial charge on any atom is -0.342 e. The van der Waals surface area contributed by atoms with Crippen LogP contribution in [0, 0.1) is 6.92 Å². The van der Waals surface area contributed by atoms with Crippen molar-refractivity contribution in [1.29, 1.82) is 0 Å². The fourth-order valence-electron chi connectivity index (χ4n) is 3.84. The first kappa shape index (κ1) is 18.3. The minimum absolute atomic E-state index is 0.203. The van der Waals surface area contributed by atoms with Gasteiger partial charge in [-0.2, -0.15) is 5.10 Å². The highest BCUT2D eigenvalue weighted by atomic mass is 16.2. The molecule has 0 spiro atoms. The molecule has 1 fully saturated rings. The molecule has 0 saturated carbocycles. The molecule has 28 heavy (non-hydrogen) atoms. The summed E-state index contributed by atoms with van der Waals surface area (Å²) >= 11 is 0. The molecule has 0 aliphatic carbocycles. The van der Waals surface area contributed by atoms with Crippen molar-refractivity contribution in [1.82, 2.24) is 35.3 Å². The summed E-state index contributed by atoms with van der Waals surface area (Å²) in [4.78, 5) is 14.7. The van der Waals surface area contributed by atoms with E-state index in [1.165, 1.54) is 11.1 Å². The Kier molecular flexibility index (Phi) is 5.45. The molecule has 2 aromatic heterocycles. The Morgan fingerprint density at radius 1 is 1.29 bits per heavy atom. The van der Waals surface area contributed by atoms with E-state index in [0.29, 0.717) is 13.0 Å². The number of amides is 1. The number of hydrogen-bond acceptors (Lipinski definition) is 5. The monoisotopic (exact) mass is 379 g/mol. The quantitative estimate of drug-likeness (QED) is 0.710. The van der Waals surface area contributed by atoms with Crippen LogP contribution in [-0.2, 0) is 11.3 Å². The van der Waals surface area contributed by atoms with Crippen LogP contribution in [-0.4, -0.2) is 54.3 Å². The van der Waals surface area contributed by atoms with Crippen LogP contribution in [0.5, 0.6) is 0 Å². The van der Waals surface area contributed by atoms with Gasteiger partial charge in [0, 0.05) is 43.2 Å². The Morgan fingerprint density at radius 2 is 2.14 bits per heavy atom. The smallest absolute Gasteiger partial charge is 0.222 e. The third-order valence-electron chi connectivity index (χ3n) is 5.38. The lowest BCUT2D eigenvalue weighted by atomic mass is 9.90. The second-order valence-corrected chi connectivity index (χ2v) is 7.42. The van der Waals surface area contributed by atoms with Crippen LogP contribution < -0.4 is 0 Å². The maximum Gasteiger partial charge on any atom is 0.222 e. The zero-order valence-electron chi connectivity index (χ0n) is 16.1. The van der Waals surface area contributed by atoms with Crippen molar-refractivity contribution < 1.29 is 4.79 Å². The highest BCUT2D eigenvalue weighted by Crippen LogP contribution is 2.33. The standard InChI is InChI=1S/C20H25N7O/c1-15-6-8-16(9-7-15)18-12-21-23-20(18)17-4-2-10-26(13-17)19(28)5-3-11-27-14-22-24-25-27/h6-9,12,14,17H,2-5,10-11,13H2,1H3,(H,21,23). The Morgan fingerprint density at radius 3 is 2.93 bits per heavy atom. The largest absolute Gasteiger partial charge is 0.342 e. The number of carbonyl (C=O) groups excluding carboxylic acids is 1. The Labute approximate surface area is 163 Å². The first-order valence-electron chi connectivity index (χ1n) is 9.79. The van der Waals surface area contributed by atoms with Gasteiger partial charge in [0.25, 0.3) is 0 Å². The third-order valence-corrected chi connectivity index (χ3v) is 5.38. The van der Waals surface area contributed by atoms with Gasteiger partial charge in [0.1, 0.15) is 6.33 Å². The van der Waals surface area contributed by atoms with E-state index in [0.717, 1.165) is 43.6 Å². The summed E-state index contributed by atoms with van der Waals surface area (Å²) in [5, 5.41) is 18.6. The number of tetrazole rings is 1. The van der Waals surface area contributed by atoms with Gasteiger partial charge in [-0.15, -0.1) is 5.10 Å². The molecule has 146 valence electrons. The summed E-state index contributed by atoms with van der Waals surface area (Å²) in [6.45, 7) is 4.32. The van der Waals surface area contributed by atoms with Crippen LogP contribution >= 0.6 is 0 Å². The second kappa shape index (κ2) is 8.33. The lowest BCUT2D eigenvalue weighted by Crippen LogP contribution is -2.39. The van der Waals surface area contributed by atoms with Crippen LogP contribution in [0.15, 0.2) is 36.8 Å². The van der Waals surface area contributed by atoms with Gasteiger partial charge in [-0.05, 0) is 42.2 Å². The number of nitrogens with zero attached hydrogens (tertiary/aromatic N) is 6. The van der Waals surface area contributed by atoms with Gasteiger partial charge >= 0.3 is 0 Å². The number of likely N-dealkylation sites (tertiary alicyclic amines) is 1. The van der Waals surface area contributed by atoms with Gasteiger partial charge in [0.2, 0.25) is 5.91 Å². The van der Waals surface area contributed by atoms with Crippen molar-refractivity contribution in [3.63, 3.8) is 0 Å². The van der Waals surface area contributed by atoms with E-state index in [1.807, 2.05) is 11.1 Å². The molecule has 1 saturated heterocycles.